The van der Waals surface area contributed by atoms with E-state index in [1.807, 2.05) is 11.9 Å². The van der Waals surface area contributed by atoms with E-state index in [0.717, 1.165) is 26.1 Å². The summed E-state index contributed by atoms with van der Waals surface area (Å²) in [5.41, 5.74) is 5.48. The quantitative estimate of drug-likeness (QED) is 0.661. The van der Waals surface area contributed by atoms with Crippen molar-refractivity contribution in [2.45, 2.75) is 31.8 Å². The van der Waals surface area contributed by atoms with Crippen LogP contribution in [0, 0.1) is 0 Å². The molecule has 0 bridgehead atoms. The first-order chi connectivity index (χ1) is 7.60. The fourth-order valence-corrected chi connectivity index (χ4v) is 2.45. The van der Waals surface area contributed by atoms with Crippen LogP contribution in [0.4, 0.5) is 0 Å². The van der Waals surface area contributed by atoms with Gasteiger partial charge in [0.1, 0.15) is 6.04 Å². The third-order valence-corrected chi connectivity index (χ3v) is 3.44. The van der Waals surface area contributed by atoms with Gasteiger partial charge in [-0.15, -0.1) is 0 Å². The highest BCUT2D eigenvalue weighted by atomic mass is 16.4. The summed E-state index contributed by atoms with van der Waals surface area (Å²) in [6.07, 6.45) is 2.38. The third-order valence-electron chi connectivity index (χ3n) is 3.44. The van der Waals surface area contributed by atoms with Crippen molar-refractivity contribution in [3.05, 3.63) is 0 Å². The van der Waals surface area contributed by atoms with Gasteiger partial charge >= 0.3 is 5.97 Å². The molecule has 2 atom stereocenters. The molecule has 3 N–H and O–H groups in total. The smallest absolute Gasteiger partial charge is 0.322 e. The van der Waals surface area contributed by atoms with Crippen LogP contribution in [0.15, 0.2) is 0 Å². The number of rotatable bonds is 6. The van der Waals surface area contributed by atoms with Crippen LogP contribution in [0.25, 0.3) is 0 Å². The molecule has 0 saturated carbocycles. The highest BCUT2D eigenvalue weighted by Gasteiger charge is 2.28. The number of carboxylic acid groups (broad SMARTS) is 1. The number of likely N-dealkylation sites (tertiary alicyclic amines) is 1. The molecular weight excluding hydrogens is 206 g/mol. The highest BCUT2D eigenvalue weighted by molar-refractivity contribution is 5.73. The Morgan fingerprint density at radius 3 is 2.88 bits per heavy atom. The van der Waals surface area contributed by atoms with Crippen molar-refractivity contribution < 1.29 is 9.90 Å². The molecule has 0 radical (unpaired) electrons. The Hall–Kier alpha value is -0.650. The summed E-state index contributed by atoms with van der Waals surface area (Å²) in [5.74, 6) is -0.828. The molecule has 5 nitrogen and oxygen atoms in total. The normalized spacial score (nSPS) is 23.9. The Bertz CT molecular complexity index is 235. The van der Waals surface area contributed by atoms with E-state index >= 15 is 0 Å². The lowest BCUT2D eigenvalue weighted by atomic mass is 10.1. The lowest BCUT2D eigenvalue weighted by molar-refractivity contribution is -0.142. The first kappa shape index (κ1) is 13.4. The number of aliphatic carboxylic acids is 1. The molecule has 1 aliphatic heterocycles. The van der Waals surface area contributed by atoms with Gasteiger partial charge in [0.05, 0.1) is 0 Å². The van der Waals surface area contributed by atoms with Crippen molar-refractivity contribution in [2.24, 2.45) is 5.73 Å². The van der Waals surface area contributed by atoms with Crippen LogP contribution in [-0.4, -0.2) is 66.2 Å². The first-order valence-corrected chi connectivity index (χ1v) is 5.97. The van der Waals surface area contributed by atoms with Crippen LogP contribution in [-0.2, 0) is 4.79 Å². The predicted octanol–water partition coefficient (Wildman–Crippen LogP) is -0.186. The van der Waals surface area contributed by atoms with Crippen molar-refractivity contribution in [1.29, 1.82) is 0 Å². The van der Waals surface area contributed by atoms with Gasteiger partial charge in [0.15, 0.2) is 0 Å². The second-order valence-electron chi connectivity index (χ2n) is 4.45. The van der Waals surface area contributed by atoms with Crippen LogP contribution in [0.5, 0.6) is 0 Å². The third kappa shape index (κ3) is 3.17. The van der Waals surface area contributed by atoms with Gasteiger partial charge in [-0.3, -0.25) is 14.6 Å². The minimum Gasteiger partial charge on any atom is -0.480 e. The molecule has 1 fully saturated rings. The number of carboxylic acids is 1. The average Bonchev–Trinajstić information content (AvgIpc) is 2.65. The molecule has 0 aromatic carbocycles. The molecule has 0 aliphatic carbocycles. The Labute approximate surface area is 97.2 Å². The van der Waals surface area contributed by atoms with Crippen LogP contribution in [0.1, 0.15) is 19.8 Å². The second-order valence-corrected chi connectivity index (χ2v) is 4.45. The monoisotopic (exact) mass is 229 g/mol. The predicted molar refractivity (Wildman–Crippen MR) is 63.4 cm³/mol. The van der Waals surface area contributed by atoms with Crippen LogP contribution in [0.2, 0.25) is 0 Å². The van der Waals surface area contributed by atoms with Crippen molar-refractivity contribution >= 4 is 5.97 Å². The Morgan fingerprint density at radius 1 is 1.69 bits per heavy atom. The molecule has 1 rings (SSSR count). The Kier molecular flexibility index (Phi) is 5.18. The summed E-state index contributed by atoms with van der Waals surface area (Å²) in [7, 11) is 1.85. The standard InChI is InChI=1S/C11H23N3O2/c1-3-14-6-4-5-9(14)8-13(2)10(7-12)11(15)16/h9-10H,3-8,12H2,1-2H3,(H,15,16). The maximum Gasteiger partial charge on any atom is 0.322 e. The Morgan fingerprint density at radius 2 is 2.38 bits per heavy atom. The molecule has 0 aromatic rings. The van der Waals surface area contributed by atoms with Crippen molar-refractivity contribution in [1.82, 2.24) is 9.80 Å². The summed E-state index contributed by atoms with van der Waals surface area (Å²) in [6, 6.07) is -0.0669. The molecule has 0 aromatic heterocycles. The number of nitrogens with two attached hydrogens (primary N) is 1. The van der Waals surface area contributed by atoms with Crippen molar-refractivity contribution in [3.63, 3.8) is 0 Å². The minimum atomic E-state index is -0.828. The molecule has 1 saturated heterocycles. The van der Waals surface area contributed by atoms with Gasteiger partial charge in [0.25, 0.3) is 0 Å². The Balaban J connectivity index is 2.49. The lowest BCUT2D eigenvalue weighted by Gasteiger charge is -2.30. The van der Waals surface area contributed by atoms with Crippen molar-refractivity contribution in [3.8, 4) is 0 Å². The highest BCUT2D eigenvalue weighted by Crippen LogP contribution is 2.17. The number of carbonyl (C=O) groups is 1. The molecule has 0 amide bonds. The van der Waals surface area contributed by atoms with E-state index in [1.54, 1.807) is 0 Å². The molecule has 1 heterocycles. The van der Waals surface area contributed by atoms with E-state index in [2.05, 4.69) is 11.8 Å². The van der Waals surface area contributed by atoms with Gasteiger partial charge in [0.2, 0.25) is 0 Å². The van der Waals surface area contributed by atoms with E-state index in [0.29, 0.717) is 6.04 Å². The number of nitrogens with zero attached hydrogens (tertiary/aromatic N) is 2. The van der Waals surface area contributed by atoms with Crippen molar-refractivity contribution in [2.75, 3.05) is 33.2 Å². The van der Waals surface area contributed by atoms with E-state index in [-0.39, 0.29) is 6.54 Å². The molecule has 1 aliphatic rings. The molecule has 94 valence electrons. The number of hydrogen-bond acceptors (Lipinski definition) is 4. The summed E-state index contributed by atoms with van der Waals surface area (Å²) in [6.45, 7) is 5.29. The van der Waals surface area contributed by atoms with Gasteiger partial charge in [-0.2, -0.15) is 0 Å². The van der Waals surface area contributed by atoms with E-state index < -0.39 is 12.0 Å². The number of likely N-dealkylation sites (N-methyl/N-ethyl adjacent to an activating group) is 2. The lowest BCUT2D eigenvalue weighted by Crippen LogP contribution is -2.49. The fourth-order valence-electron chi connectivity index (χ4n) is 2.45. The van der Waals surface area contributed by atoms with Gasteiger partial charge in [-0.25, -0.2) is 0 Å². The first-order valence-electron chi connectivity index (χ1n) is 5.97. The zero-order valence-electron chi connectivity index (χ0n) is 10.2. The zero-order valence-corrected chi connectivity index (χ0v) is 10.2. The summed E-state index contributed by atoms with van der Waals surface area (Å²) in [4.78, 5) is 15.2. The SMILES string of the molecule is CCN1CCCC1CN(C)C(CN)C(=O)O. The van der Waals surface area contributed by atoms with Crippen LogP contribution < -0.4 is 5.73 Å². The van der Waals surface area contributed by atoms with E-state index in [1.165, 1.54) is 6.42 Å². The minimum absolute atomic E-state index is 0.171. The van der Waals surface area contributed by atoms with Gasteiger partial charge in [-0.05, 0) is 33.0 Å². The molecule has 0 spiro atoms. The molecular formula is C11H23N3O2. The summed E-state index contributed by atoms with van der Waals surface area (Å²) < 4.78 is 0. The summed E-state index contributed by atoms with van der Waals surface area (Å²) >= 11 is 0. The maximum absolute atomic E-state index is 11.0. The van der Waals surface area contributed by atoms with Gasteiger partial charge in [0, 0.05) is 19.1 Å². The largest absolute Gasteiger partial charge is 0.480 e. The average molecular weight is 229 g/mol. The van der Waals surface area contributed by atoms with Crippen LogP contribution >= 0.6 is 0 Å². The number of hydrogen-bond donors (Lipinski definition) is 2. The topological polar surface area (TPSA) is 69.8 Å². The van der Waals surface area contributed by atoms with Gasteiger partial charge < -0.3 is 10.8 Å². The molecule has 2 unspecified atom stereocenters. The second kappa shape index (κ2) is 6.18. The summed E-state index contributed by atoms with van der Waals surface area (Å²) in [5, 5.41) is 9.01. The van der Waals surface area contributed by atoms with Crippen LogP contribution in [0.3, 0.4) is 0 Å². The fraction of sp³-hybridized carbons (Fsp3) is 0.909. The van der Waals surface area contributed by atoms with E-state index in [9.17, 15) is 4.79 Å². The molecule has 16 heavy (non-hydrogen) atoms. The van der Waals surface area contributed by atoms with E-state index in [4.69, 9.17) is 10.8 Å². The molecule has 5 heteroatoms. The van der Waals surface area contributed by atoms with Gasteiger partial charge in [-0.1, -0.05) is 6.92 Å². The zero-order chi connectivity index (χ0) is 12.1. The maximum atomic E-state index is 11.0.